The molecule has 3 atom stereocenters. The number of nitrogens with one attached hydrogen (secondary N) is 2. The molecule has 6 heterocycles. The number of ether oxygens (including phenoxy) is 4. The van der Waals surface area contributed by atoms with E-state index in [1.54, 1.807) is 0 Å². The van der Waals surface area contributed by atoms with Crippen molar-refractivity contribution in [1.82, 2.24) is 19.9 Å². The maximum Gasteiger partial charge on any atom is 0.385 e. The molecule has 11 nitrogen and oxygen atoms in total. The van der Waals surface area contributed by atoms with Gasteiger partial charge in [0.1, 0.15) is 6.61 Å². The van der Waals surface area contributed by atoms with Crippen LogP contribution in [0.5, 0.6) is 0 Å². The molecule has 0 aromatic carbocycles. The van der Waals surface area contributed by atoms with Gasteiger partial charge < -0.3 is 28.9 Å². The highest BCUT2D eigenvalue weighted by Gasteiger charge is 2.56. The second kappa shape index (κ2) is 22.0. The molecular formula is C56H74N4O7. The first-order chi connectivity index (χ1) is 32.0. The number of aromatic nitrogens is 4. The van der Waals surface area contributed by atoms with Crippen LogP contribution in [-0.4, -0.2) is 58.7 Å². The third kappa shape index (κ3) is 10.9. The topological polar surface area (TPSA) is 145 Å². The molecule has 3 aromatic rings. The fourth-order valence-electron chi connectivity index (χ4n) is 9.94. The van der Waals surface area contributed by atoms with Crippen molar-refractivity contribution in [1.29, 1.82) is 0 Å². The fourth-order valence-corrected chi connectivity index (χ4v) is 9.94. The van der Waals surface area contributed by atoms with Crippen molar-refractivity contribution < 1.29 is 33.3 Å². The van der Waals surface area contributed by atoms with Crippen LogP contribution in [0.2, 0.25) is 0 Å². The van der Waals surface area contributed by atoms with Crippen molar-refractivity contribution >= 4 is 68.3 Å². The molecule has 0 fully saturated rings. The third-order valence-electron chi connectivity index (χ3n) is 14.2. The van der Waals surface area contributed by atoms with Gasteiger partial charge in [-0.1, -0.05) is 97.8 Å². The molecule has 0 unspecified atom stereocenters. The second-order valence-corrected chi connectivity index (χ2v) is 19.5. The molecule has 0 aliphatic carbocycles. The molecule has 0 saturated carbocycles. The number of carbonyl (C=O) groups is 3. The van der Waals surface area contributed by atoms with Gasteiger partial charge >= 0.3 is 23.7 Å². The zero-order valence-corrected chi connectivity index (χ0v) is 42.3. The Kier molecular flexibility index (Phi) is 16.7. The molecular weight excluding hydrogens is 841 g/mol. The van der Waals surface area contributed by atoms with E-state index < -0.39 is 17.7 Å². The number of methoxy groups -OCH3 is 2. The summed E-state index contributed by atoms with van der Waals surface area (Å²) >= 11 is 0. The minimum absolute atomic E-state index is 0.0275. The summed E-state index contributed by atoms with van der Waals surface area (Å²) < 4.78 is 23.0. The molecule has 0 radical (unpaired) electrons. The van der Waals surface area contributed by atoms with Crippen LogP contribution in [0.25, 0.3) is 50.4 Å². The van der Waals surface area contributed by atoms with Crippen molar-refractivity contribution in [2.24, 2.45) is 17.8 Å². The minimum atomic E-state index is -2.35. The van der Waals surface area contributed by atoms with Gasteiger partial charge in [0.15, 0.2) is 0 Å². The van der Waals surface area contributed by atoms with Crippen molar-refractivity contribution in [2.75, 3.05) is 20.8 Å². The van der Waals surface area contributed by atoms with Gasteiger partial charge in [0.05, 0.1) is 41.0 Å². The number of nitrogens with zero attached hydrogens (tertiary/aromatic N) is 2. The Balaban J connectivity index is 1.31. The number of cyclic esters (lactones) is 1. The molecule has 11 heteroatoms. The molecule has 0 saturated heterocycles. The van der Waals surface area contributed by atoms with Crippen LogP contribution in [0.4, 0.5) is 0 Å². The number of aromatic amines is 2. The first kappa shape index (κ1) is 50.9. The summed E-state index contributed by atoms with van der Waals surface area (Å²) in [6, 6.07) is 5.97. The largest absolute Gasteiger partial charge is 0.464 e. The second-order valence-electron chi connectivity index (χ2n) is 19.5. The lowest BCUT2D eigenvalue weighted by atomic mass is 9.89. The number of aryl methyl sites for hydroxylation is 3. The van der Waals surface area contributed by atoms with Crippen LogP contribution >= 0.6 is 0 Å². The van der Waals surface area contributed by atoms with E-state index in [0.29, 0.717) is 34.1 Å². The summed E-state index contributed by atoms with van der Waals surface area (Å²) in [5, 5.41) is 0. The first-order valence-electron chi connectivity index (χ1n) is 24.5. The van der Waals surface area contributed by atoms with Gasteiger partial charge in [-0.3, -0.25) is 4.79 Å². The van der Waals surface area contributed by atoms with E-state index in [1.807, 2.05) is 45.1 Å². The molecule has 3 aromatic heterocycles. The van der Waals surface area contributed by atoms with Gasteiger partial charge in [0, 0.05) is 41.2 Å². The van der Waals surface area contributed by atoms with Gasteiger partial charge in [-0.25, -0.2) is 19.6 Å². The fraction of sp³-hybridized carbons (Fsp3) is 0.518. The van der Waals surface area contributed by atoms with Gasteiger partial charge in [0.2, 0.25) is 0 Å². The van der Waals surface area contributed by atoms with Crippen LogP contribution < -0.4 is 0 Å². The Labute approximate surface area is 397 Å². The van der Waals surface area contributed by atoms with E-state index in [4.69, 9.17) is 28.9 Å². The lowest BCUT2D eigenvalue weighted by Gasteiger charge is -2.34. The molecule has 3 aliphatic rings. The number of carbonyl (C=O) groups excluding carboxylic acids is 3. The maximum atomic E-state index is 14.1. The smallest absolute Gasteiger partial charge is 0.385 e. The molecule has 0 amide bonds. The van der Waals surface area contributed by atoms with E-state index >= 15 is 0 Å². The number of hydrogen-bond acceptors (Lipinski definition) is 9. The lowest BCUT2D eigenvalue weighted by molar-refractivity contribution is -0.238. The summed E-state index contributed by atoms with van der Waals surface area (Å²) in [5.74, 6) is -2.17. The summed E-state index contributed by atoms with van der Waals surface area (Å²) in [4.78, 5) is 59.1. The standard InChI is InChI=1S/C56H74N4O7/c1-14-40-36(8)43-29-45-38(10)42(25-26-49(61)66-28-27-35(7)24-18-23-34(6)22-17-21-33(5)20-16-19-32(3)4)52(59-45)51-53-50(54(62)67-56(51,65-13)55(63)64-12)39(11)46(60-53)31-48-41(15-2)37(9)44(58-48)30-47(40)57-43/h14,27,29-34,57-58H,1,15-26,28H2,2-13H3/b35-27+,43-29?,44-30?,45-29?,46-31?,47-30?,48-31?,52-51?/t33-,34-,56+/m1/s1. The number of rotatable bonds is 21. The summed E-state index contributed by atoms with van der Waals surface area (Å²) in [6.07, 6.45) is 16.0. The molecule has 6 rings (SSSR count). The van der Waals surface area contributed by atoms with Crippen LogP contribution in [0.1, 0.15) is 177 Å². The van der Waals surface area contributed by atoms with Gasteiger partial charge in [-0.2, -0.15) is 0 Å². The molecule has 360 valence electrons. The molecule has 2 N–H and O–H groups in total. The van der Waals surface area contributed by atoms with Crippen LogP contribution in [0.3, 0.4) is 0 Å². The number of allylic oxidation sites excluding steroid dienone is 4. The molecule has 0 spiro atoms. The Bertz CT molecular complexity index is 2660. The normalized spacial score (nSPS) is 17.0. The van der Waals surface area contributed by atoms with Crippen molar-refractivity contribution in [3.05, 3.63) is 87.0 Å². The maximum absolute atomic E-state index is 14.1. The van der Waals surface area contributed by atoms with Gasteiger partial charge in [-0.05, 0) is 136 Å². The Morgan fingerprint density at radius 3 is 2.06 bits per heavy atom. The van der Waals surface area contributed by atoms with Crippen LogP contribution in [0.15, 0.2) is 36.4 Å². The average molecular weight is 915 g/mol. The number of hydrogen-bond donors (Lipinski definition) is 2. The minimum Gasteiger partial charge on any atom is -0.464 e. The Morgan fingerprint density at radius 1 is 0.806 bits per heavy atom. The van der Waals surface area contributed by atoms with Crippen molar-refractivity contribution in [3.63, 3.8) is 0 Å². The highest BCUT2D eigenvalue weighted by Crippen LogP contribution is 2.49. The zero-order chi connectivity index (χ0) is 48.7. The Morgan fingerprint density at radius 2 is 1.42 bits per heavy atom. The van der Waals surface area contributed by atoms with Gasteiger partial charge in [0.25, 0.3) is 0 Å². The number of fused-ring (bicyclic) bond motifs is 8. The van der Waals surface area contributed by atoms with E-state index in [9.17, 15) is 14.4 Å². The van der Waals surface area contributed by atoms with Gasteiger partial charge in [-0.15, -0.1) is 0 Å². The summed E-state index contributed by atoms with van der Waals surface area (Å²) in [7, 11) is 2.49. The summed E-state index contributed by atoms with van der Waals surface area (Å²) in [6.45, 7) is 25.8. The van der Waals surface area contributed by atoms with Crippen LogP contribution in [0, 0.1) is 31.6 Å². The van der Waals surface area contributed by atoms with Crippen LogP contribution in [-0.2, 0) is 45.5 Å². The van der Waals surface area contributed by atoms with Crippen molar-refractivity contribution in [3.8, 4) is 0 Å². The van der Waals surface area contributed by atoms with Crippen molar-refractivity contribution in [2.45, 2.75) is 152 Å². The number of H-pyrrole nitrogens is 2. The Hall–Kier alpha value is -5.55. The highest BCUT2D eigenvalue weighted by atomic mass is 16.7. The zero-order valence-electron chi connectivity index (χ0n) is 42.3. The van der Waals surface area contributed by atoms with E-state index in [2.05, 4.69) is 71.1 Å². The molecule has 8 bridgehead atoms. The molecule has 3 aliphatic heterocycles. The monoisotopic (exact) mass is 915 g/mol. The number of esters is 3. The highest BCUT2D eigenvalue weighted by molar-refractivity contribution is 6.27. The SMILES string of the molecule is C=Cc1c(C)c2cc3nc(c4c5nc(cc6[nH]c(cc1[nH]2)c(C)c6CC)C(C)=C5C(=O)O[C@]4(OC)C(=O)OC)C(CCC(=O)OC/C=C(\C)CCC[C@H](C)CCC[C@H](C)CCCC(C)C)=C3C. The first-order valence-corrected chi connectivity index (χ1v) is 24.5. The lowest BCUT2D eigenvalue weighted by Crippen LogP contribution is -2.47. The quantitative estimate of drug-likeness (QED) is 0.0606. The predicted octanol–water partition coefficient (Wildman–Crippen LogP) is 13.2. The van der Waals surface area contributed by atoms with E-state index in [0.717, 1.165) is 81.0 Å². The predicted molar refractivity (Wildman–Crippen MR) is 270 cm³/mol. The third-order valence-corrected chi connectivity index (χ3v) is 14.2. The van der Waals surface area contributed by atoms with E-state index in [1.165, 1.54) is 64.7 Å². The average Bonchev–Trinajstić information content (AvgIpc) is 3.97. The van der Waals surface area contributed by atoms with E-state index in [-0.39, 0.29) is 42.2 Å². The molecule has 67 heavy (non-hydrogen) atoms. The summed E-state index contributed by atoms with van der Waals surface area (Å²) in [5.41, 5.74) is 12.7.